The van der Waals surface area contributed by atoms with Gasteiger partial charge in [0.05, 0.1) is 7.11 Å². The van der Waals surface area contributed by atoms with Crippen molar-refractivity contribution in [2.75, 3.05) is 44.5 Å². The van der Waals surface area contributed by atoms with Crippen LogP contribution in [0.2, 0.25) is 0 Å². The number of methoxy groups -OCH3 is 2. The molecule has 3 N–H and O–H groups in total. The van der Waals surface area contributed by atoms with E-state index in [4.69, 9.17) is 9.47 Å². The second-order valence-corrected chi connectivity index (χ2v) is 5.28. The van der Waals surface area contributed by atoms with Crippen LogP contribution in [0.4, 0.5) is 17.5 Å². The van der Waals surface area contributed by atoms with Gasteiger partial charge in [-0.1, -0.05) is 0 Å². The van der Waals surface area contributed by atoms with Gasteiger partial charge in [-0.25, -0.2) is 4.98 Å². The number of hydrogen-bond acceptors (Lipinski definition) is 7. The van der Waals surface area contributed by atoms with Crippen LogP contribution in [0.15, 0.2) is 30.3 Å². The van der Waals surface area contributed by atoms with E-state index >= 15 is 0 Å². The molecule has 2 rings (SSSR count). The van der Waals surface area contributed by atoms with Gasteiger partial charge in [0.15, 0.2) is 0 Å². The fourth-order valence-electron chi connectivity index (χ4n) is 2.09. The van der Waals surface area contributed by atoms with Crippen LogP contribution in [-0.4, -0.2) is 49.8 Å². The van der Waals surface area contributed by atoms with Gasteiger partial charge in [-0.05, 0) is 31.2 Å². The zero-order valence-electron chi connectivity index (χ0n) is 14.6. The quantitative estimate of drug-likeness (QED) is 0.595. The van der Waals surface area contributed by atoms with Crippen LogP contribution in [0.1, 0.15) is 5.69 Å². The molecule has 134 valence electrons. The van der Waals surface area contributed by atoms with Gasteiger partial charge in [0.2, 0.25) is 11.9 Å². The van der Waals surface area contributed by atoms with Gasteiger partial charge in [-0.15, -0.1) is 0 Å². The lowest BCUT2D eigenvalue weighted by Crippen LogP contribution is -2.31. The normalized spacial score (nSPS) is 10.2. The first kappa shape index (κ1) is 18.5. The third-order valence-electron chi connectivity index (χ3n) is 3.22. The van der Waals surface area contributed by atoms with Crippen molar-refractivity contribution in [3.63, 3.8) is 0 Å². The molecule has 0 saturated heterocycles. The standard InChI is InChI=1S/C17H23N5O3/c1-12-10-15(21-13-4-6-14(25-3)7-5-13)22-17(20-12)19-9-8-18-16(23)11-24-2/h4-7,10H,8-9,11H2,1-3H3,(H,18,23)(H2,19,20,21,22). The molecule has 1 heterocycles. The zero-order valence-corrected chi connectivity index (χ0v) is 14.6. The van der Waals surface area contributed by atoms with Crippen LogP contribution in [0.25, 0.3) is 0 Å². The summed E-state index contributed by atoms with van der Waals surface area (Å²) in [7, 11) is 3.11. The SMILES string of the molecule is COCC(=O)NCCNc1nc(C)cc(Nc2ccc(OC)cc2)n1. The molecule has 0 aliphatic rings. The summed E-state index contributed by atoms with van der Waals surface area (Å²) < 4.78 is 9.89. The van der Waals surface area contributed by atoms with E-state index in [0.29, 0.717) is 24.9 Å². The number of anilines is 3. The molecule has 1 aromatic heterocycles. The van der Waals surface area contributed by atoms with Crippen molar-refractivity contribution in [1.29, 1.82) is 0 Å². The second-order valence-electron chi connectivity index (χ2n) is 5.28. The summed E-state index contributed by atoms with van der Waals surface area (Å²) in [5.74, 6) is 1.82. The van der Waals surface area contributed by atoms with Crippen LogP contribution in [0, 0.1) is 6.92 Å². The van der Waals surface area contributed by atoms with Gasteiger partial charge in [-0.3, -0.25) is 4.79 Å². The van der Waals surface area contributed by atoms with Crippen molar-refractivity contribution < 1.29 is 14.3 Å². The van der Waals surface area contributed by atoms with Gasteiger partial charge in [-0.2, -0.15) is 4.98 Å². The minimum Gasteiger partial charge on any atom is -0.497 e. The average Bonchev–Trinajstić information content (AvgIpc) is 2.59. The first-order valence-corrected chi connectivity index (χ1v) is 7.87. The van der Waals surface area contributed by atoms with E-state index in [1.807, 2.05) is 37.3 Å². The number of amides is 1. The van der Waals surface area contributed by atoms with E-state index < -0.39 is 0 Å². The fraction of sp³-hybridized carbons (Fsp3) is 0.353. The minimum atomic E-state index is -0.156. The molecule has 0 spiro atoms. The van der Waals surface area contributed by atoms with Crippen LogP contribution < -0.4 is 20.7 Å². The summed E-state index contributed by atoms with van der Waals surface area (Å²) in [6.45, 7) is 2.92. The number of carbonyl (C=O) groups excluding carboxylic acids is 1. The summed E-state index contributed by atoms with van der Waals surface area (Å²) in [6.07, 6.45) is 0. The molecule has 0 unspecified atom stereocenters. The van der Waals surface area contributed by atoms with Crippen molar-refractivity contribution in [2.45, 2.75) is 6.92 Å². The second kappa shape index (κ2) is 9.43. The van der Waals surface area contributed by atoms with Crippen molar-refractivity contribution >= 4 is 23.4 Å². The van der Waals surface area contributed by atoms with Crippen LogP contribution in [0.5, 0.6) is 5.75 Å². The smallest absolute Gasteiger partial charge is 0.246 e. The lowest BCUT2D eigenvalue weighted by Gasteiger charge is -2.11. The summed E-state index contributed by atoms with van der Waals surface area (Å²) in [5.41, 5.74) is 1.73. The third kappa shape index (κ3) is 6.27. The first-order valence-electron chi connectivity index (χ1n) is 7.87. The minimum absolute atomic E-state index is 0.0525. The number of carbonyl (C=O) groups is 1. The Bertz CT molecular complexity index is 691. The number of hydrogen-bond donors (Lipinski definition) is 3. The molecule has 0 aliphatic heterocycles. The number of nitrogens with one attached hydrogen (secondary N) is 3. The zero-order chi connectivity index (χ0) is 18.1. The maximum atomic E-state index is 11.3. The number of aromatic nitrogens is 2. The first-order chi connectivity index (χ1) is 12.1. The maximum absolute atomic E-state index is 11.3. The molecule has 0 atom stereocenters. The molecule has 8 heteroatoms. The number of rotatable bonds is 9. The van der Waals surface area contributed by atoms with Crippen LogP contribution in [-0.2, 0) is 9.53 Å². The highest BCUT2D eigenvalue weighted by molar-refractivity contribution is 5.77. The Kier molecular flexibility index (Phi) is 6.97. The van der Waals surface area contributed by atoms with Crippen molar-refractivity contribution in [3.05, 3.63) is 36.0 Å². The Morgan fingerprint density at radius 3 is 2.56 bits per heavy atom. The third-order valence-corrected chi connectivity index (χ3v) is 3.22. The van der Waals surface area contributed by atoms with Crippen LogP contribution in [0.3, 0.4) is 0 Å². The highest BCUT2D eigenvalue weighted by atomic mass is 16.5. The van der Waals surface area contributed by atoms with Gasteiger partial charge < -0.3 is 25.4 Å². The Balaban J connectivity index is 1.91. The van der Waals surface area contributed by atoms with Gasteiger partial charge in [0, 0.05) is 37.6 Å². The topological polar surface area (TPSA) is 97.4 Å². The molecule has 8 nitrogen and oxygen atoms in total. The molecule has 2 aromatic rings. The average molecular weight is 345 g/mol. The number of nitrogens with zero attached hydrogens (tertiary/aromatic N) is 2. The molecule has 0 radical (unpaired) electrons. The number of benzene rings is 1. The predicted molar refractivity (Wildman–Crippen MR) is 96.4 cm³/mol. The molecule has 0 fully saturated rings. The van der Waals surface area contributed by atoms with E-state index in [2.05, 4.69) is 25.9 Å². The highest BCUT2D eigenvalue weighted by Gasteiger charge is 2.04. The summed E-state index contributed by atoms with van der Waals surface area (Å²) in [6, 6.07) is 9.43. The molecule has 25 heavy (non-hydrogen) atoms. The van der Waals surface area contributed by atoms with Crippen molar-refractivity contribution in [2.24, 2.45) is 0 Å². The fourth-order valence-corrected chi connectivity index (χ4v) is 2.09. The van der Waals surface area contributed by atoms with Gasteiger partial charge >= 0.3 is 0 Å². The Morgan fingerprint density at radius 2 is 1.88 bits per heavy atom. The van der Waals surface area contributed by atoms with Crippen LogP contribution >= 0.6 is 0 Å². The van der Waals surface area contributed by atoms with Crippen molar-refractivity contribution in [3.8, 4) is 5.75 Å². The molecular weight excluding hydrogens is 322 g/mol. The van der Waals surface area contributed by atoms with Gasteiger partial charge in [0.25, 0.3) is 0 Å². The number of aryl methyl sites for hydroxylation is 1. The maximum Gasteiger partial charge on any atom is 0.246 e. The lowest BCUT2D eigenvalue weighted by molar-refractivity contribution is -0.124. The van der Waals surface area contributed by atoms with E-state index in [1.165, 1.54) is 7.11 Å². The molecule has 1 aromatic carbocycles. The molecular formula is C17H23N5O3. The van der Waals surface area contributed by atoms with E-state index in [-0.39, 0.29) is 12.5 Å². The Morgan fingerprint density at radius 1 is 1.12 bits per heavy atom. The van der Waals surface area contributed by atoms with E-state index in [0.717, 1.165) is 17.1 Å². The summed E-state index contributed by atoms with van der Waals surface area (Å²) in [4.78, 5) is 20.1. The van der Waals surface area contributed by atoms with E-state index in [9.17, 15) is 4.79 Å². The predicted octanol–water partition coefficient (Wildman–Crippen LogP) is 1.71. The molecule has 0 bridgehead atoms. The van der Waals surface area contributed by atoms with Crippen molar-refractivity contribution in [1.82, 2.24) is 15.3 Å². The Labute approximate surface area is 147 Å². The molecule has 0 aliphatic carbocycles. The summed E-state index contributed by atoms with van der Waals surface area (Å²) >= 11 is 0. The monoisotopic (exact) mass is 345 g/mol. The van der Waals surface area contributed by atoms with E-state index in [1.54, 1.807) is 7.11 Å². The number of ether oxygens (including phenoxy) is 2. The highest BCUT2D eigenvalue weighted by Crippen LogP contribution is 2.19. The lowest BCUT2D eigenvalue weighted by atomic mass is 10.3. The Hall–Kier alpha value is -2.87. The molecule has 0 saturated carbocycles. The largest absolute Gasteiger partial charge is 0.497 e. The summed E-state index contributed by atoms with van der Waals surface area (Å²) in [5, 5.41) is 9.04. The van der Waals surface area contributed by atoms with Gasteiger partial charge in [0.1, 0.15) is 18.2 Å². The molecule has 1 amide bonds.